The molecule has 25 heavy (non-hydrogen) atoms. The van der Waals surface area contributed by atoms with Crippen molar-refractivity contribution in [3.05, 3.63) is 63.6 Å². The van der Waals surface area contributed by atoms with Crippen LogP contribution in [0.3, 0.4) is 0 Å². The Morgan fingerprint density at radius 3 is 2.80 bits per heavy atom. The molecule has 4 nitrogen and oxygen atoms in total. The van der Waals surface area contributed by atoms with Crippen molar-refractivity contribution >= 4 is 17.7 Å². The van der Waals surface area contributed by atoms with E-state index in [9.17, 15) is 9.59 Å². The van der Waals surface area contributed by atoms with Crippen molar-refractivity contribution < 1.29 is 4.79 Å². The number of carbonyl (C=O) groups excluding carboxylic acids is 1. The van der Waals surface area contributed by atoms with Gasteiger partial charge in [0.1, 0.15) is 5.56 Å². The van der Waals surface area contributed by atoms with Crippen molar-refractivity contribution in [1.82, 2.24) is 9.88 Å². The van der Waals surface area contributed by atoms with Crippen LogP contribution in [0.1, 0.15) is 47.7 Å². The molecule has 1 amide bonds. The van der Waals surface area contributed by atoms with Gasteiger partial charge in [-0.15, -0.1) is 0 Å². The van der Waals surface area contributed by atoms with Gasteiger partial charge in [0.2, 0.25) is 0 Å². The average Bonchev–Trinajstić information content (AvgIpc) is 3.08. The zero-order valence-corrected chi connectivity index (χ0v) is 15.7. The minimum absolute atomic E-state index is 0.161. The maximum atomic E-state index is 13.0. The van der Waals surface area contributed by atoms with Gasteiger partial charge in [0.05, 0.1) is 0 Å². The van der Waals surface area contributed by atoms with Gasteiger partial charge in [-0.3, -0.25) is 14.2 Å². The minimum Gasteiger partial charge on any atom is -0.348 e. The summed E-state index contributed by atoms with van der Waals surface area (Å²) in [6.07, 6.45) is 2.71. The van der Waals surface area contributed by atoms with Crippen molar-refractivity contribution in [2.45, 2.75) is 39.2 Å². The first kappa shape index (κ1) is 17.8. The monoisotopic (exact) mass is 356 g/mol. The molecule has 2 heterocycles. The van der Waals surface area contributed by atoms with Gasteiger partial charge in [0.15, 0.2) is 0 Å². The molecule has 0 aliphatic carbocycles. The molecule has 0 radical (unpaired) electrons. The zero-order valence-electron chi connectivity index (χ0n) is 14.9. The summed E-state index contributed by atoms with van der Waals surface area (Å²) in [5.74, 6) is 2.10. The quantitative estimate of drug-likeness (QED) is 0.912. The minimum atomic E-state index is -0.260. The highest BCUT2D eigenvalue weighted by molar-refractivity contribution is 7.99. The molecule has 3 rings (SSSR count). The van der Waals surface area contributed by atoms with E-state index in [0.717, 1.165) is 23.6 Å². The summed E-state index contributed by atoms with van der Waals surface area (Å²) in [6.45, 7) is 6.06. The molecule has 1 aliphatic rings. The molecule has 5 heteroatoms. The zero-order chi connectivity index (χ0) is 18.0. The summed E-state index contributed by atoms with van der Waals surface area (Å²) in [5.41, 5.74) is 2.66. The first-order valence-corrected chi connectivity index (χ1v) is 9.84. The van der Waals surface area contributed by atoms with E-state index in [1.165, 1.54) is 5.56 Å². The summed E-state index contributed by atoms with van der Waals surface area (Å²) < 4.78 is 1.57. The number of nitrogens with zero attached hydrogens (tertiary/aromatic N) is 1. The van der Waals surface area contributed by atoms with Crippen molar-refractivity contribution in [3.8, 4) is 5.69 Å². The number of aromatic nitrogens is 1. The van der Waals surface area contributed by atoms with Crippen molar-refractivity contribution in [2.24, 2.45) is 0 Å². The number of hydrogen-bond acceptors (Lipinski definition) is 3. The highest BCUT2D eigenvalue weighted by Crippen LogP contribution is 2.19. The fraction of sp³-hybridized carbons (Fsp3) is 0.400. The highest BCUT2D eigenvalue weighted by atomic mass is 32.2. The van der Waals surface area contributed by atoms with E-state index >= 15 is 0 Å². The predicted molar refractivity (Wildman–Crippen MR) is 104 cm³/mol. The highest BCUT2D eigenvalue weighted by Gasteiger charge is 2.22. The fourth-order valence-corrected chi connectivity index (χ4v) is 4.20. The molecular formula is C20H24N2O2S. The van der Waals surface area contributed by atoms with Gasteiger partial charge in [-0.1, -0.05) is 26.0 Å². The number of hydrogen-bond donors (Lipinski definition) is 1. The van der Waals surface area contributed by atoms with Gasteiger partial charge < -0.3 is 5.32 Å². The average molecular weight is 356 g/mol. The SMILES string of the molecule is Cc1ccn(-c2cccc(C(C)C)c2)c(=O)c1C(=O)NC1CCSC1. The van der Waals surface area contributed by atoms with Crippen LogP contribution in [0.4, 0.5) is 0 Å². The van der Waals surface area contributed by atoms with E-state index < -0.39 is 0 Å². The lowest BCUT2D eigenvalue weighted by Gasteiger charge is -2.15. The molecule has 1 atom stereocenters. The number of benzene rings is 1. The van der Waals surface area contributed by atoms with Crippen LogP contribution in [-0.2, 0) is 0 Å². The number of pyridine rings is 1. The van der Waals surface area contributed by atoms with Crippen LogP contribution in [0.25, 0.3) is 5.69 Å². The fourth-order valence-electron chi connectivity index (χ4n) is 3.05. The lowest BCUT2D eigenvalue weighted by atomic mass is 10.0. The molecule has 1 aromatic heterocycles. The molecule has 0 saturated carbocycles. The summed E-state index contributed by atoms with van der Waals surface area (Å²) in [6, 6.07) is 9.91. The van der Waals surface area contributed by atoms with Crippen molar-refractivity contribution in [1.29, 1.82) is 0 Å². The van der Waals surface area contributed by atoms with E-state index in [-0.39, 0.29) is 23.1 Å². The number of nitrogens with one attached hydrogen (secondary N) is 1. The smallest absolute Gasteiger partial charge is 0.268 e. The number of rotatable bonds is 4. The largest absolute Gasteiger partial charge is 0.348 e. The van der Waals surface area contributed by atoms with Gasteiger partial charge in [-0.2, -0.15) is 11.8 Å². The Morgan fingerprint density at radius 1 is 1.32 bits per heavy atom. The molecule has 1 N–H and O–H groups in total. The first-order chi connectivity index (χ1) is 12.0. The van der Waals surface area contributed by atoms with E-state index in [0.29, 0.717) is 11.5 Å². The molecule has 0 bridgehead atoms. The third-order valence-electron chi connectivity index (χ3n) is 4.61. The van der Waals surface area contributed by atoms with E-state index in [4.69, 9.17) is 0 Å². The summed E-state index contributed by atoms with van der Waals surface area (Å²) >= 11 is 1.83. The van der Waals surface area contributed by atoms with Crippen LogP contribution >= 0.6 is 11.8 Å². The number of carbonyl (C=O) groups is 1. The third kappa shape index (κ3) is 3.82. The molecule has 0 spiro atoms. The standard InChI is InChI=1S/C20H24N2O2S/c1-13(2)15-5-4-6-17(11-15)22-9-7-14(3)18(20(22)24)19(23)21-16-8-10-25-12-16/h4-7,9,11,13,16H,8,10,12H2,1-3H3,(H,21,23). The van der Waals surface area contributed by atoms with Crippen LogP contribution in [0, 0.1) is 6.92 Å². The Labute approximate surface area is 152 Å². The van der Waals surface area contributed by atoms with Crippen molar-refractivity contribution in [2.75, 3.05) is 11.5 Å². The van der Waals surface area contributed by atoms with E-state index in [2.05, 4.69) is 25.2 Å². The molecule has 132 valence electrons. The predicted octanol–water partition coefficient (Wildman–Crippen LogP) is 3.50. The third-order valence-corrected chi connectivity index (χ3v) is 5.77. The second-order valence-electron chi connectivity index (χ2n) is 6.83. The Balaban J connectivity index is 1.98. The molecular weight excluding hydrogens is 332 g/mol. The van der Waals surface area contributed by atoms with Crippen molar-refractivity contribution in [3.63, 3.8) is 0 Å². The maximum Gasteiger partial charge on any atom is 0.268 e. The Morgan fingerprint density at radius 2 is 2.12 bits per heavy atom. The van der Waals surface area contributed by atoms with E-state index in [1.807, 2.05) is 43.0 Å². The molecule has 1 saturated heterocycles. The second kappa shape index (κ2) is 7.48. The van der Waals surface area contributed by atoms with Gasteiger partial charge in [0, 0.05) is 23.7 Å². The normalized spacial score (nSPS) is 17.0. The van der Waals surface area contributed by atoms with Crippen LogP contribution in [-0.4, -0.2) is 28.0 Å². The molecule has 1 aliphatic heterocycles. The van der Waals surface area contributed by atoms with Gasteiger partial charge >= 0.3 is 0 Å². The van der Waals surface area contributed by atoms with Crippen LogP contribution in [0.15, 0.2) is 41.3 Å². The summed E-state index contributed by atoms with van der Waals surface area (Å²) in [7, 11) is 0. The maximum absolute atomic E-state index is 13.0. The Bertz CT molecular complexity index is 836. The molecule has 1 aromatic carbocycles. The first-order valence-electron chi connectivity index (χ1n) is 8.68. The van der Waals surface area contributed by atoms with Crippen LogP contribution < -0.4 is 10.9 Å². The van der Waals surface area contributed by atoms with E-state index in [1.54, 1.807) is 10.8 Å². The Kier molecular flexibility index (Phi) is 5.33. The van der Waals surface area contributed by atoms with Crippen LogP contribution in [0.2, 0.25) is 0 Å². The second-order valence-corrected chi connectivity index (χ2v) is 7.98. The Hall–Kier alpha value is -2.01. The lowest BCUT2D eigenvalue weighted by Crippen LogP contribution is -2.39. The summed E-state index contributed by atoms with van der Waals surface area (Å²) in [4.78, 5) is 25.7. The molecule has 1 fully saturated rings. The van der Waals surface area contributed by atoms with Crippen LogP contribution in [0.5, 0.6) is 0 Å². The molecule has 1 unspecified atom stereocenters. The molecule has 2 aromatic rings. The van der Waals surface area contributed by atoms with Gasteiger partial charge in [0.25, 0.3) is 11.5 Å². The van der Waals surface area contributed by atoms with Gasteiger partial charge in [-0.05, 0) is 54.3 Å². The number of thioether (sulfide) groups is 1. The topological polar surface area (TPSA) is 51.1 Å². The number of aryl methyl sites for hydroxylation is 1. The van der Waals surface area contributed by atoms with Gasteiger partial charge in [-0.25, -0.2) is 0 Å². The number of amides is 1. The summed E-state index contributed by atoms with van der Waals surface area (Å²) in [5, 5.41) is 3.01. The lowest BCUT2D eigenvalue weighted by molar-refractivity contribution is 0.0938.